The largest absolute Gasteiger partial charge is 0.352 e. The lowest BCUT2D eigenvalue weighted by atomic mass is 10.0. The van der Waals surface area contributed by atoms with E-state index < -0.39 is 28.5 Å². The Labute approximate surface area is 248 Å². The first-order valence-electron chi connectivity index (χ1n) is 12.2. The first kappa shape index (κ1) is 30.9. The highest BCUT2D eigenvalue weighted by Crippen LogP contribution is 2.25. The monoisotopic (exact) mass is 653 g/mol. The van der Waals surface area contributed by atoms with Crippen LogP contribution >= 0.6 is 39.1 Å². The van der Waals surface area contributed by atoms with Crippen molar-refractivity contribution in [3.8, 4) is 0 Å². The van der Waals surface area contributed by atoms with Crippen molar-refractivity contribution in [1.82, 2.24) is 10.2 Å². The van der Waals surface area contributed by atoms with E-state index in [1.165, 1.54) is 4.90 Å². The summed E-state index contributed by atoms with van der Waals surface area (Å²) in [5.74, 6) is -0.897. The molecule has 208 valence electrons. The van der Waals surface area contributed by atoms with Crippen LogP contribution in [-0.2, 0) is 32.6 Å². The molecule has 3 aromatic carbocycles. The number of carbonyl (C=O) groups is 2. The standard InChI is InChI=1S/C28H30BrCl2N3O4S/c1-19(2)32-28(36)26(16-20-7-5-4-6-8-20)33(17-21-9-14-24(30)25(31)15-21)27(35)18-34(39(3,37)38)23-12-10-22(29)11-13-23/h4-15,19,26H,16-18H2,1-3H3,(H,32,36). The molecule has 0 aliphatic carbocycles. The molecular weight excluding hydrogens is 625 g/mol. The number of nitrogens with zero attached hydrogens (tertiary/aromatic N) is 2. The van der Waals surface area contributed by atoms with Crippen LogP contribution in [0.5, 0.6) is 0 Å². The first-order chi connectivity index (χ1) is 18.3. The summed E-state index contributed by atoms with van der Waals surface area (Å²) in [4.78, 5) is 28.9. The van der Waals surface area contributed by atoms with Gasteiger partial charge in [-0.3, -0.25) is 13.9 Å². The minimum Gasteiger partial charge on any atom is -0.352 e. The molecule has 0 radical (unpaired) electrons. The van der Waals surface area contributed by atoms with Gasteiger partial charge < -0.3 is 10.2 Å². The lowest BCUT2D eigenvalue weighted by Crippen LogP contribution is -2.54. The van der Waals surface area contributed by atoms with Gasteiger partial charge >= 0.3 is 0 Å². The van der Waals surface area contributed by atoms with Crippen molar-refractivity contribution in [2.45, 2.75) is 38.9 Å². The molecule has 1 N–H and O–H groups in total. The first-order valence-corrected chi connectivity index (χ1v) is 15.6. The summed E-state index contributed by atoms with van der Waals surface area (Å²) in [5, 5.41) is 3.57. The van der Waals surface area contributed by atoms with E-state index in [4.69, 9.17) is 23.2 Å². The number of halogens is 3. The molecule has 0 aromatic heterocycles. The molecule has 1 atom stereocenters. The van der Waals surface area contributed by atoms with Gasteiger partial charge in [0.15, 0.2) is 0 Å². The fourth-order valence-corrected chi connectivity index (χ4v) is 5.43. The highest BCUT2D eigenvalue weighted by molar-refractivity contribution is 9.10. The minimum atomic E-state index is -3.84. The van der Waals surface area contributed by atoms with Crippen LogP contribution in [0.15, 0.2) is 77.3 Å². The lowest BCUT2D eigenvalue weighted by Gasteiger charge is -2.34. The molecule has 39 heavy (non-hydrogen) atoms. The van der Waals surface area contributed by atoms with Crippen molar-refractivity contribution in [2.75, 3.05) is 17.1 Å². The smallest absolute Gasteiger partial charge is 0.244 e. The number of carbonyl (C=O) groups excluding carboxylic acids is 2. The molecule has 11 heteroatoms. The maximum Gasteiger partial charge on any atom is 0.244 e. The summed E-state index contributed by atoms with van der Waals surface area (Å²) in [5.41, 5.74) is 1.82. The second-order valence-corrected chi connectivity index (χ2v) is 13.0. The molecule has 3 rings (SSSR count). The van der Waals surface area contributed by atoms with Crippen molar-refractivity contribution in [3.63, 3.8) is 0 Å². The number of nitrogens with one attached hydrogen (secondary N) is 1. The van der Waals surface area contributed by atoms with Gasteiger partial charge in [-0.25, -0.2) is 8.42 Å². The Morgan fingerprint density at radius 3 is 2.13 bits per heavy atom. The Morgan fingerprint density at radius 1 is 0.923 bits per heavy atom. The quantitative estimate of drug-likeness (QED) is 0.288. The van der Waals surface area contributed by atoms with Crippen LogP contribution in [0.2, 0.25) is 10.0 Å². The van der Waals surface area contributed by atoms with Gasteiger partial charge in [-0.2, -0.15) is 0 Å². The number of hydrogen-bond acceptors (Lipinski definition) is 4. The lowest BCUT2D eigenvalue weighted by molar-refractivity contribution is -0.140. The molecule has 3 aromatic rings. The normalized spacial score (nSPS) is 12.2. The molecule has 7 nitrogen and oxygen atoms in total. The highest BCUT2D eigenvalue weighted by Gasteiger charge is 2.33. The van der Waals surface area contributed by atoms with Gasteiger partial charge in [0.05, 0.1) is 22.0 Å². The van der Waals surface area contributed by atoms with E-state index in [0.29, 0.717) is 21.3 Å². The fourth-order valence-electron chi connectivity index (χ4n) is 3.99. The van der Waals surface area contributed by atoms with Crippen LogP contribution in [0.25, 0.3) is 0 Å². The highest BCUT2D eigenvalue weighted by atomic mass is 79.9. The van der Waals surface area contributed by atoms with Crippen LogP contribution in [-0.4, -0.2) is 50.0 Å². The van der Waals surface area contributed by atoms with E-state index in [0.717, 1.165) is 20.6 Å². The van der Waals surface area contributed by atoms with Crippen LogP contribution in [0.4, 0.5) is 5.69 Å². The van der Waals surface area contributed by atoms with E-state index in [1.54, 1.807) is 42.5 Å². The zero-order chi connectivity index (χ0) is 28.7. The number of rotatable bonds is 11. The Bertz CT molecular complexity index is 1400. The molecule has 0 saturated carbocycles. The van der Waals surface area contributed by atoms with E-state index in [2.05, 4.69) is 21.2 Å². The van der Waals surface area contributed by atoms with E-state index in [9.17, 15) is 18.0 Å². The summed E-state index contributed by atoms with van der Waals surface area (Å²) in [6.07, 6.45) is 1.27. The van der Waals surface area contributed by atoms with Gasteiger partial charge in [0, 0.05) is 23.5 Å². The molecule has 0 fully saturated rings. The molecule has 0 spiro atoms. The van der Waals surface area contributed by atoms with Gasteiger partial charge in [-0.05, 0) is 61.4 Å². The summed E-state index contributed by atoms with van der Waals surface area (Å²) in [6.45, 7) is 3.18. The zero-order valence-corrected chi connectivity index (χ0v) is 25.7. The average molecular weight is 655 g/mol. The molecule has 0 aliphatic heterocycles. The molecular formula is C28H30BrCl2N3O4S. The van der Waals surface area contributed by atoms with Crippen molar-refractivity contribution in [1.29, 1.82) is 0 Å². The molecule has 0 bridgehead atoms. The third-order valence-corrected chi connectivity index (χ3v) is 8.24. The molecule has 2 amide bonds. The average Bonchev–Trinajstić information content (AvgIpc) is 2.87. The molecule has 1 unspecified atom stereocenters. The Morgan fingerprint density at radius 2 is 1.56 bits per heavy atom. The third kappa shape index (κ3) is 8.96. The zero-order valence-electron chi connectivity index (χ0n) is 21.8. The molecule has 0 heterocycles. The Hall–Kier alpha value is -2.59. The van der Waals surface area contributed by atoms with Crippen LogP contribution < -0.4 is 9.62 Å². The van der Waals surface area contributed by atoms with Gasteiger partial charge in [0.1, 0.15) is 12.6 Å². The van der Waals surface area contributed by atoms with Gasteiger partial charge in [-0.15, -0.1) is 0 Å². The molecule has 0 saturated heterocycles. The van der Waals surface area contributed by atoms with Gasteiger partial charge in [0.25, 0.3) is 0 Å². The Balaban J connectivity index is 2.06. The van der Waals surface area contributed by atoms with Crippen molar-refractivity contribution in [2.24, 2.45) is 0 Å². The number of sulfonamides is 1. The van der Waals surface area contributed by atoms with Crippen molar-refractivity contribution in [3.05, 3.63) is 98.4 Å². The second kappa shape index (κ2) is 13.7. The maximum atomic E-state index is 14.0. The Kier molecular flexibility index (Phi) is 10.8. The SMILES string of the molecule is CC(C)NC(=O)C(Cc1ccccc1)N(Cc1ccc(Cl)c(Cl)c1)C(=O)CN(c1ccc(Br)cc1)S(C)(=O)=O. The van der Waals surface area contributed by atoms with E-state index in [-0.39, 0.29) is 24.9 Å². The maximum absolute atomic E-state index is 14.0. The predicted molar refractivity (Wildman–Crippen MR) is 161 cm³/mol. The fraction of sp³-hybridized carbons (Fsp3) is 0.286. The summed E-state index contributed by atoms with van der Waals surface area (Å²) >= 11 is 15.7. The van der Waals surface area contributed by atoms with E-state index >= 15 is 0 Å². The summed E-state index contributed by atoms with van der Waals surface area (Å²) in [7, 11) is -3.84. The minimum absolute atomic E-state index is 0.0106. The van der Waals surface area contributed by atoms with Gasteiger partial charge in [-0.1, -0.05) is 75.5 Å². The number of hydrogen-bond donors (Lipinski definition) is 1. The second-order valence-electron chi connectivity index (χ2n) is 9.38. The number of amides is 2. The number of anilines is 1. The third-order valence-electron chi connectivity index (χ3n) is 5.83. The van der Waals surface area contributed by atoms with Crippen LogP contribution in [0.3, 0.4) is 0 Å². The van der Waals surface area contributed by atoms with Crippen molar-refractivity contribution >= 4 is 66.7 Å². The number of benzene rings is 3. The van der Waals surface area contributed by atoms with Gasteiger partial charge in [0.2, 0.25) is 21.8 Å². The van der Waals surface area contributed by atoms with Crippen LogP contribution in [0.1, 0.15) is 25.0 Å². The predicted octanol–water partition coefficient (Wildman–Crippen LogP) is 5.69. The van der Waals surface area contributed by atoms with E-state index in [1.807, 2.05) is 44.2 Å². The van der Waals surface area contributed by atoms with Crippen molar-refractivity contribution < 1.29 is 18.0 Å². The van der Waals surface area contributed by atoms with Crippen LogP contribution in [0, 0.1) is 0 Å². The molecule has 0 aliphatic rings. The summed E-state index contributed by atoms with van der Waals surface area (Å²) < 4.78 is 27.4. The summed E-state index contributed by atoms with van der Waals surface area (Å²) in [6, 6.07) is 19.8. The topological polar surface area (TPSA) is 86.8 Å².